The lowest BCUT2D eigenvalue weighted by molar-refractivity contribution is 0.0691. The van der Waals surface area contributed by atoms with Crippen LogP contribution in [0.4, 0.5) is 0 Å². The molecule has 0 amide bonds. The predicted molar refractivity (Wildman–Crippen MR) is 81.3 cm³/mol. The number of carbonyl (C=O) groups is 1. The van der Waals surface area contributed by atoms with Crippen molar-refractivity contribution in [2.75, 3.05) is 0 Å². The average Bonchev–Trinajstić information content (AvgIpc) is 3.07. The molecule has 0 atom stereocenters. The van der Waals surface area contributed by atoms with E-state index in [9.17, 15) is 9.90 Å². The number of aromatic nitrogens is 4. The molecular formula is C13H9BrN4O2S. The van der Waals surface area contributed by atoms with Crippen molar-refractivity contribution in [1.29, 1.82) is 0 Å². The van der Waals surface area contributed by atoms with Crippen LogP contribution in [0.1, 0.15) is 16.1 Å². The third kappa shape index (κ3) is 2.86. The molecule has 0 saturated carbocycles. The van der Waals surface area contributed by atoms with E-state index >= 15 is 0 Å². The molecule has 1 N–H and O–H groups in total. The minimum Gasteiger partial charge on any atom is -0.476 e. The zero-order valence-electron chi connectivity index (χ0n) is 10.6. The summed E-state index contributed by atoms with van der Waals surface area (Å²) in [4.78, 5) is 15.5. The van der Waals surface area contributed by atoms with Gasteiger partial charge in [-0.2, -0.15) is 0 Å². The van der Waals surface area contributed by atoms with Crippen LogP contribution in [0.25, 0.3) is 11.4 Å². The number of pyridine rings is 1. The molecule has 0 aliphatic heterocycles. The highest BCUT2D eigenvalue weighted by atomic mass is 79.9. The zero-order chi connectivity index (χ0) is 14.8. The first-order valence-corrected chi connectivity index (χ1v) is 7.63. The number of hydrogen-bond acceptors (Lipinski definition) is 5. The van der Waals surface area contributed by atoms with Gasteiger partial charge in [0, 0.05) is 6.20 Å². The van der Waals surface area contributed by atoms with E-state index in [0.29, 0.717) is 17.9 Å². The maximum atomic E-state index is 11.3. The van der Waals surface area contributed by atoms with Crippen molar-refractivity contribution >= 4 is 33.2 Å². The van der Waals surface area contributed by atoms with Gasteiger partial charge in [-0.25, -0.2) is 9.48 Å². The van der Waals surface area contributed by atoms with Crippen LogP contribution in [-0.4, -0.2) is 31.1 Å². The fourth-order valence-corrected chi connectivity index (χ4v) is 3.13. The third-order valence-electron chi connectivity index (χ3n) is 2.80. The minimum atomic E-state index is -1.12. The van der Waals surface area contributed by atoms with Crippen LogP contribution in [0.15, 0.2) is 39.6 Å². The molecule has 3 aromatic rings. The number of nitrogens with zero attached hydrogens (tertiary/aromatic N) is 4. The second kappa shape index (κ2) is 5.74. The summed E-state index contributed by atoms with van der Waals surface area (Å²) in [6.45, 7) is 0.439. The van der Waals surface area contributed by atoms with Gasteiger partial charge in [0.25, 0.3) is 0 Å². The lowest BCUT2D eigenvalue weighted by atomic mass is 10.2. The minimum absolute atomic E-state index is 0.0944. The molecule has 0 saturated heterocycles. The molecule has 21 heavy (non-hydrogen) atoms. The van der Waals surface area contributed by atoms with E-state index in [0.717, 1.165) is 9.35 Å². The first kappa shape index (κ1) is 13.9. The van der Waals surface area contributed by atoms with E-state index < -0.39 is 5.97 Å². The molecule has 0 aromatic carbocycles. The summed E-state index contributed by atoms with van der Waals surface area (Å²) in [5.41, 5.74) is 1.87. The van der Waals surface area contributed by atoms with Crippen LogP contribution in [-0.2, 0) is 6.54 Å². The number of carboxylic acids is 1. The van der Waals surface area contributed by atoms with Gasteiger partial charge in [-0.3, -0.25) is 4.98 Å². The summed E-state index contributed by atoms with van der Waals surface area (Å²) in [6, 6.07) is 7.28. The van der Waals surface area contributed by atoms with Crippen molar-refractivity contribution in [3.05, 3.63) is 50.9 Å². The molecule has 0 fully saturated rings. The molecular weight excluding hydrogens is 356 g/mol. The van der Waals surface area contributed by atoms with Crippen LogP contribution < -0.4 is 0 Å². The second-order valence-corrected chi connectivity index (χ2v) is 6.51. The van der Waals surface area contributed by atoms with Crippen molar-refractivity contribution in [2.24, 2.45) is 0 Å². The fraction of sp³-hybridized carbons (Fsp3) is 0.0769. The molecule has 106 valence electrons. The van der Waals surface area contributed by atoms with Gasteiger partial charge < -0.3 is 5.11 Å². The van der Waals surface area contributed by atoms with Gasteiger partial charge in [0.05, 0.1) is 16.0 Å². The zero-order valence-corrected chi connectivity index (χ0v) is 13.0. The van der Waals surface area contributed by atoms with Gasteiger partial charge in [0.1, 0.15) is 5.69 Å². The Morgan fingerprint density at radius 2 is 2.29 bits per heavy atom. The standard InChI is InChI=1S/C13H9BrN4O2S/c14-10-5-8(7-21-10)6-18-12(9-3-1-2-4-15-9)11(13(19)20)16-17-18/h1-5,7H,6H2,(H,19,20). The molecule has 0 unspecified atom stereocenters. The lowest BCUT2D eigenvalue weighted by Crippen LogP contribution is -2.06. The average molecular weight is 365 g/mol. The number of rotatable bonds is 4. The predicted octanol–water partition coefficient (Wildman–Crippen LogP) is 2.91. The third-order valence-corrected chi connectivity index (χ3v) is 4.35. The topological polar surface area (TPSA) is 80.9 Å². The van der Waals surface area contributed by atoms with E-state index in [-0.39, 0.29) is 5.69 Å². The molecule has 6 nitrogen and oxygen atoms in total. The summed E-state index contributed by atoms with van der Waals surface area (Å²) in [6.07, 6.45) is 1.61. The highest BCUT2D eigenvalue weighted by Gasteiger charge is 2.21. The van der Waals surface area contributed by atoms with E-state index in [1.165, 1.54) is 0 Å². The van der Waals surface area contributed by atoms with Crippen molar-refractivity contribution in [1.82, 2.24) is 20.0 Å². The first-order chi connectivity index (χ1) is 10.1. The van der Waals surface area contributed by atoms with Crippen molar-refractivity contribution in [2.45, 2.75) is 6.54 Å². The number of thiophene rings is 1. The number of hydrogen-bond donors (Lipinski definition) is 1. The molecule has 8 heteroatoms. The molecule has 0 spiro atoms. The highest BCUT2D eigenvalue weighted by molar-refractivity contribution is 9.11. The van der Waals surface area contributed by atoms with Gasteiger partial charge in [-0.05, 0) is 45.1 Å². The van der Waals surface area contributed by atoms with Gasteiger partial charge in [-0.1, -0.05) is 11.3 Å². The second-order valence-electron chi connectivity index (χ2n) is 4.22. The molecule has 0 aliphatic rings. The maximum Gasteiger partial charge on any atom is 0.358 e. The highest BCUT2D eigenvalue weighted by Crippen LogP contribution is 2.24. The summed E-state index contributed by atoms with van der Waals surface area (Å²) in [5, 5.41) is 19.0. The molecule has 0 aliphatic carbocycles. The number of carboxylic acid groups (broad SMARTS) is 1. The Morgan fingerprint density at radius 1 is 1.43 bits per heavy atom. The van der Waals surface area contributed by atoms with Crippen molar-refractivity contribution in [3.63, 3.8) is 0 Å². The summed E-state index contributed by atoms with van der Waals surface area (Å²) >= 11 is 4.97. The molecule has 0 bridgehead atoms. The molecule has 3 rings (SSSR count). The number of aromatic carboxylic acids is 1. The summed E-state index contributed by atoms with van der Waals surface area (Å²) in [7, 11) is 0. The monoisotopic (exact) mass is 364 g/mol. The maximum absolute atomic E-state index is 11.3. The van der Waals surface area contributed by atoms with Crippen molar-refractivity contribution < 1.29 is 9.90 Å². The molecule has 0 radical (unpaired) electrons. The van der Waals surface area contributed by atoms with Gasteiger partial charge in [-0.15, -0.1) is 16.4 Å². The lowest BCUT2D eigenvalue weighted by Gasteiger charge is -2.05. The first-order valence-electron chi connectivity index (χ1n) is 5.96. The Balaban J connectivity index is 2.07. The van der Waals surface area contributed by atoms with Crippen LogP contribution in [0.2, 0.25) is 0 Å². The summed E-state index contributed by atoms with van der Waals surface area (Å²) in [5.74, 6) is -1.12. The SMILES string of the molecule is O=C(O)c1nnn(Cc2csc(Br)c2)c1-c1ccccn1. The van der Waals surface area contributed by atoms with Crippen molar-refractivity contribution in [3.8, 4) is 11.4 Å². The van der Waals surface area contributed by atoms with Crippen LogP contribution in [0, 0.1) is 0 Å². The van der Waals surface area contributed by atoms with Crippen LogP contribution in [0.3, 0.4) is 0 Å². The van der Waals surface area contributed by atoms with Crippen LogP contribution in [0.5, 0.6) is 0 Å². The quantitative estimate of drug-likeness (QED) is 0.769. The summed E-state index contributed by atoms with van der Waals surface area (Å²) < 4.78 is 2.57. The Bertz CT molecular complexity index is 785. The van der Waals surface area contributed by atoms with E-state index in [2.05, 4.69) is 31.2 Å². The van der Waals surface area contributed by atoms with E-state index in [1.54, 1.807) is 40.4 Å². The fourth-order valence-electron chi connectivity index (χ4n) is 1.93. The normalized spacial score (nSPS) is 10.7. The Kier molecular flexibility index (Phi) is 3.80. The Hall–Kier alpha value is -2.06. The van der Waals surface area contributed by atoms with Gasteiger partial charge >= 0.3 is 5.97 Å². The van der Waals surface area contributed by atoms with E-state index in [4.69, 9.17) is 0 Å². The molecule has 3 heterocycles. The van der Waals surface area contributed by atoms with Gasteiger partial charge in [0.2, 0.25) is 0 Å². The van der Waals surface area contributed by atoms with E-state index in [1.807, 2.05) is 11.4 Å². The smallest absolute Gasteiger partial charge is 0.358 e. The molecule has 3 aromatic heterocycles. The largest absolute Gasteiger partial charge is 0.476 e. The van der Waals surface area contributed by atoms with Gasteiger partial charge in [0.15, 0.2) is 5.69 Å². The number of halogens is 1. The van der Waals surface area contributed by atoms with Crippen LogP contribution >= 0.6 is 27.3 Å². The Labute approximate surface area is 132 Å². The Morgan fingerprint density at radius 3 is 2.90 bits per heavy atom.